The van der Waals surface area contributed by atoms with Gasteiger partial charge in [0.25, 0.3) is 0 Å². The van der Waals surface area contributed by atoms with Gasteiger partial charge in [-0.1, -0.05) is 12.1 Å². The lowest BCUT2D eigenvalue weighted by atomic mass is 10.1. The average molecular weight is 267 g/mol. The van der Waals surface area contributed by atoms with Gasteiger partial charge in [-0.3, -0.25) is 4.79 Å². The summed E-state index contributed by atoms with van der Waals surface area (Å²) in [6, 6.07) is 6.04. The number of para-hydroxylation sites is 1. The van der Waals surface area contributed by atoms with Crippen LogP contribution in [0.3, 0.4) is 0 Å². The first kappa shape index (κ1) is 15.4. The Hall–Kier alpha value is -1.62. The van der Waals surface area contributed by atoms with Crippen LogP contribution >= 0.6 is 0 Å². The Labute approximate surface area is 113 Å². The van der Waals surface area contributed by atoms with Gasteiger partial charge in [0.15, 0.2) is 0 Å². The predicted octanol–water partition coefficient (Wildman–Crippen LogP) is 1.87. The van der Waals surface area contributed by atoms with Gasteiger partial charge >= 0.3 is 0 Å². The van der Waals surface area contributed by atoms with E-state index in [9.17, 15) is 9.18 Å². The lowest BCUT2D eigenvalue weighted by molar-refractivity contribution is -0.122. The van der Waals surface area contributed by atoms with Gasteiger partial charge in [-0.25, -0.2) is 4.39 Å². The Balaban J connectivity index is 2.60. The Morgan fingerprint density at radius 2 is 2.00 bits per heavy atom. The minimum atomic E-state index is -0.350. The van der Waals surface area contributed by atoms with Crippen LogP contribution in [0.2, 0.25) is 0 Å². The average Bonchev–Trinajstić information content (AvgIpc) is 2.28. The number of anilines is 1. The molecule has 19 heavy (non-hydrogen) atoms. The summed E-state index contributed by atoms with van der Waals surface area (Å²) >= 11 is 0. The van der Waals surface area contributed by atoms with E-state index < -0.39 is 0 Å². The SMILES string of the molecule is CC(C)(C)NC(=O)CC(CN)Nc1ccccc1F. The number of carbonyl (C=O) groups is 1. The van der Waals surface area contributed by atoms with Crippen LogP contribution in [0.25, 0.3) is 0 Å². The van der Waals surface area contributed by atoms with Crippen LogP contribution in [-0.4, -0.2) is 24.0 Å². The maximum atomic E-state index is 13.5. The van der Waals surface area contributed by atoms with Crippen molar-refractivity contribution >= 4 is 11.6 Å². The zero-order valence-corrected chi connectivity index (χ0v) is 11.7. The molecule has 1 aromatic rings. The van der Waals surface area contributed by atoms with Gasteiger partial charge in [-0.15, -0.1) is 0 Å². The summed E-state index contributed by atoms with van der Waals surface area (Å²) in [5, 5.41) is 5.81. The highest BCUT2D eigenvalue weighted by molar-refractivity contribution is 5.77. The highest BCUT2D eigenvalue weighted by Gasteiger charge is 2.18. The summed E-state index contributed by atoms with van der Waals surface area (Å²) in [6.07, 6.45) is 0.210. The van der Waals surface area contributed by atoms with Crippen LogP contribution < -0.4 is 16.4 Å². The molecule has 4 nitrogen and oxygen atoms in total. The van der Waals surface area contributed by atoms with Gasteiger partial charge < -0.3 is 16.4 Å². The molecule has 5 heteroatoms. The Morgan fingerprint density at radius 3 is 2.53 bits per heavy atom. The van der Waals surface area contributed by atoms with Gasteiger partial charge in [0.05, 0.1) is 5.69 Å². The molecule has 0 radical (unpaired) electrons. The van der Waals surface area contributed by atoms with Crippen molar-refractivity contribution in [2.24, 2.45) is 5.73 Å². The topological polar surface area (TPSA) is 67.2 Å². The summed E-state index contributed by atoms with van der Waals surface area (Å²) < 4.78 is 13.5. The number of halogens is 1. The van der Waals surface area contributed by atoms with Crippen molar-refractivity contribution in [1.82, 2.24) is 5.32 Å². The highest BCUT2D eigenvalue weighted by Crippen LogP contribution is 2.14. The summed E-state index contributed by atoms with van der Waals surface area (Å²) in [7, 11) is 0. The van der Waals surface area contributed by atoms with Gasteiger partial charge in [0, 0.05) is 24.5 Å². The highest BCUT2D eigenvalue weighted by atomic mass is 19.1. The number of rotatable bonds is 5. The second-order valence-corrected chi connectivity index (χ2v) is 5.56. The third-order valence-corrected chi connectivity index (χ3v) is 2.46. The number of benzene rings is 1. The largest absolute Gasteiger partial charge is 0.378 e. The summed E-state index contributed by atoms with van der Waals surface area (Å²) in [5.41, 5.74) is 5.70. The van der Waals surface area contributed by atoms with E-state index in [2.05, 4.69) is 10.6 Å². The van der Waals surface area contributed by atoms with Crippen molar-refractivity contribution in [2.45, 2.75) is 38.8 Å². The molecule has 4 N–H and O–H groups in total. The smallest absolute Gasteiger partial charge is 0.222 e. The molecule has 1 atom stereocenters. The third-order valence-electron chi connectivity index (χ3n) is 2.46. The fourth-order valence-corrected chi connectivity index (χ4v) is 1.68. The minimum absolute atomic E-state index is 0.105. The monoisotopic (exact) mass is 267 g/mol. The standard InChI is InChI=1S/C14H22FN3O/c1-14(2,3)18-13(19)8-10(9-16)17-12-7-5-4-6-11(12)15/h4-7,10,17H,8-9,16H2,1-3H3,(H,18,19). The van der Waals surface area contributed by atoms with E-state index in [1.807, 2.05) is 20.8 Å². The van der Waals surface area contributed by atoms with Crippen LogP contribution in [-0.2, 0) is 4.79 Å². The molecule has 106 valence electrons. The van der Waals surface area contributed by atoms with Crippen LogP contribution in [0, 0.1) is 5.82 Å². The van der Waals surface area contributed by atoms with Crippen molar-refractivity contribution in [3.05, 3.63) is 30.1 Å². The van der Waals surface area contributed by atoms with Crippen LogP contribution in [0.15, 0.2) is 24.3 Å². The maximum Gasteiger partial charge on any atom is 0.222 e. The van der Waals surface area contributed by atoms with Gasteiger partial charge in [0.2, 0.25) is 5.91 Å². The molecule has 0 aromatic heterocycles. The Bertz CT molecular complexity index is 429. The third kappa shape index (κ3) is 5.70. The van der Waals surface area contributed by atoms with Crippen molar-refractivity contribution in [3.63, 3.8) is 0 Å². The predicted molar refractivity (Wildman–Crippen MR) is 75.4 cm³/mol. The molecule has 0 fully saturated rings. The van der Waals surface area contributed by atoms with Gasteiger partial charge in [0.1, 0.15) is 5.82 Å². The van der Waals surface area contributed by atoms with E-state index >= 15 is 0 Å². The number of amides is 1. The summed E-state index contributed by atoms with van der Waals surface area (Å²) in [6.45, 7) is 5.98. The Morgan fingerprint density at radius 1 is 1.37 bits per heavy atom. The van der Waals surface area contributed by atoms with Crippen molar-refractivity contribution in [3.8, 4) is 0 Å². The zero-order chi connectivity index (χ0) is 14.5. The molecule has 1 amide bonds. The molecule has 0 aliphatic carbocycles. The van der Waals surface area contributed by atoms with E-state index in [0.29, 0.717) is 5.69 Å². The molecule has 0 spiro atoms. The summed E-state index contributed by atoms with van der Waals surface area (Å²) in [4.78, 5) is 11.8. The molecular weight excluding hydrogens is 245 g/mol. The zero-order valence-electron chi connectivity index (χ0n) is 11.7. The first-order valence-electron chi connectivity index (χ1n) is 6.34. The number of carbonyl (C=O) groups excluding carboxylic acids is 1. The Kier molecular flexibility index (Phi) is 5.30. The van der Waals surface area contributed by atoms with E-state index in [1.54, 1.807) is 18.2 Å². The number of hydrogen-bond donors (Lipinski definition) is 3. The second kappa shape index (κ2) is 6.52. The lowest BCUT2D eigenvalue weighted by Gasteiger charge is -2.23. The number of nitrogens with two attached hydrogens (primary N) is 1. The molecule has 0 aliphatic heterocycles. The molecule has 0 heterocycles. The molecule has 0 bridgehead atoms. The minimum Gasteiger partial charge on any atom is -0.378 e. The first-order chi connectivity index (χ1) is 8.81. The van der Waals surface area contributed by atoms with Crippen molar-refractivity contribution < 1.29 is 9.18 Å². The number of hydrogen-bond acceptors (Lipinski definition) is 3. The van der Waals surface area contributed by atoms with Crippen LogP contribution in [0.1, 0.15) is 27.2 Å². The van der Waals surface area contributed by atoms with Gasteiger partial charge in [-0.2, -0.15) is 0 Å². The van der Waals surface area contributed by atoms with E-state index in [0.717, 1.165) is 0 Å². The van der Waals surface area contributed by atoms with E-state index in [4.69, 9.17) is 5.73 Å². The molecule has 0 saturated carbocycles. The molecule has 0 saturated heterocycles. The lowest BCUT2D eigenvalue weighted by Crippen LogP contribution is -2.44. The van der Waals surface area contributed by atoms with Gasteiger partial charge in [-0.05, 0) is 32.9 Å². The van der Waals surface area contributed by atoms with Crippen LogP contribution in [0.4, 0.5) is 10.1 Å². The maximum absolute atomic E-state index is 13.5. The quantitative estimate of drug-likeness (QED) is 0.763. The van der Waals surface area contributed by atoms with Crippen molar-refractivity contribution in [2.75, 3.05) is 11.9 Å². The summed E-state index contributed by atoms with van der Waals surface area (Å²) in [5.74, 6) is -0.455. The number of nitrogens with one attached hydrogen (secondary N) is 2. The van der Waals surface area contributed by atoms with E-state index in [-0.39, 0.29) is 36.3 Å². The molecule has 0 aliphatic rings. The first-order valence-corrected chi connectivity index (χ1v) is 6.34. The normalized spacial score (nSPS) is 12.9. The molecule has 1 unspecified atom stereocenters. The van der Waals surface area contributed by atoms with Crippen molar-refractivity contribution in [1.29, 1.82) is 0 Å². The molecule has 1 rings (SSSR count). The fourth-order valence-electron chi connectivity index (χ4n) is 1.68. The van der Waals surface area contributed by atoms with Crippen LogP contribution in [0.5, 0.6) is 0 Å². The second-order valence-electron chi connectivity index (χ2n) is 5.56. The molecule has 1 aromatic carbocycles. The molecular formula is C14H22FN3O. The fraction of sp³-hybridized carbons (Fsp3) is 0.500. The van der Waals surface area contributed by atoms with E-state index in [1.165, 1.54) is 6.07 Å².